The maximum atomic E-state index is 9.93. The molecule has 2 aromatic rings. The lowest BCUT2D eigenvalue weighted by molar-refractivity contribution is 0.126. The molecule has 2 bridgehead atoms. The van der Waals surface area contributed by atoms with Crippen LogP contribution in [0, 0.1) is 0 Å². The summed E-state index contributed by atoms with van der Waals surface area (Å²) in [5.74, 6) is 0. The number of aromatic nitrogens is 1. The van der Waals surface area contributed by atoms with Gasteiger partial charge in [0.2, 0.25) is 0 Å². The quantitative estimate of drug-likeness (QED) is 0.780. The Bertz CT molecular complexity index is 643. The first-order valence-electron chi connectivity index (χ1n) is 7.32. The molecule has 0 saturated carbocycles. The van der Waals surface area contributed by atoms with Crippen molar-refractivity contribution in [3.8, 4) is 0 Å². The Kier molecular flexibility index (Phi) is 2.60. The number of pyridine rings is 1. The standard InChI is InChI=1S/C16H19N3O/c17-16-14-5-6-18-9-10(14)1-4-15(16)19-11-2-3-12(19)8-13(20)7-11/h1,4-6,9,11-13,20H,2-3,7-8,17H2. The number of nitrogens with zero attached hydrogens (tertiary/aromatic N) is 2. The smallest absolute Gasteiger partial charge is 0.0632 e. The molecular weight excluding hydrogens is 250 g/mol. The fraction of sp³-hybridized carbons (Fsp3) is 0.438. The molecule has 3 heterocycles. The van der Waals surface area contributed by atoms with Crippen LogP contribution in [0.25, 0.3) is 10.8 Å². The van der Waals surface area contributed by atoms with Crippen molar-refractivity contribution in [2.75, 3.05) is 10.6 Å². The first kappa shape index (κ1) is 12.0. The Hall–Kier alpha value is -1.81. The molecule has 0 radical (unpaired) electrons. The van der Waals surface area contributed by atoms with E-state index in [1.807, 2.05) is 12.3 Å². The number of aliphatic hydroxyl groups excluding tert-OH is 1. The fourth-order valence-electron chi connectivity index (χ4n) is 3.95. The lowest BCUT2D eigenvalue weighted by Crippen LogP contribution is -2.45. The zero-order valence-corrected chi connectivity index (χ0v) is 11.4. The summed E-state index contributed by atoms with van der Waals surface area (Å²) in [6, 6.07) is 7.06. The predicted molar refractivity (Wildman–Crippen MR) is 80.7 cm³/mol. The van der Waals surface area contributed by atoms with Crippen LogP contribution in [0.15, 0.2) is 30.6 Å². The number of hydrogen-bond acceptors (Lipinski definition) is 4. The normalized spacial score (nSPS) is 29.1. The molecule has 2 fully saturated rings. The number of aliphatic hydroxyl groups is 1. The third kappa shape index (κ3) is 1.68. The largest absolute Gasteiger partial charge is 0.397 e. The summed E-state index contributed by atoms with van der Waals surface area (Å²) < 4.78 is 0. The molecule has 4 rings (SSSR count). The van der Waals surface area contributed by atoms with Gasteiger partial charge in [0.15, 0.2) is 0 Å². The molecule has 1 aromatic carbocycles. The molecule has 4 heteroatoms. The van der Waals surface area contributed by atoms with E-state index in [1.54, 1.807) is 6.20 Å². The second kappa shape index (κ2) is 4.35. The Balaban J connectivity index is 1.81. The number of nitrogen functional groups attached to an aromatic ring is 1. The molecule has 3 N–H and O–H groups in total. The number of hydrogen-bond donors (Lipinski definition) is 2. The Morgan fingerprint density at radius 2 is 1.90 bits per heavy atom. The van der Waals surface area contributed by atoms with Gasteiger partial charge in [0.05, 0.1) is 17.5 Å². The van der Waals surface area contributed by atoms with Gasteiger partial charge in [0, 0.05) is 35.2 Å². The number of fused-ring (bicyclic) bond motifs is 3. The van der Waals surface area contributed by atoms with Crippen molar-refractivity contribution in [1.29, 1.82) is 0 Å². The molecule has 0 aliphatic carbocycles. The number of benzene rings is 1. The molecule has 2 saturated heterocycles. The summed E-state index contributed by atoms with van der Waals surface area (Å²) in [6.07, 6.45) is 7.55. The first-order valence-corrected chi connectivity index (χ1v) is 7.32. The van der Waals surface area contributed by atoms with Crippen LogP contribution in [0.1, 0.15) is 25.7 Å². The van der Waals surface area contributed by atoms with Crippen molar-refractivity contribution in [1.82, 2.24) is 4.98 Å². The number of rotatable bonds is 1. The summed E-state index contributed by atoms with van der Waals surface area (Å²) in [7, 11) is 0. The Morgan fingerprint density at radius 1 is 1.15 bits per heavy atom. The van der Waals surface area contributed by atoms with Gasteiger partial charge in [-0.05, 0) is 37.8 Å². The highest BCUT2D eigenvalue weighted by Crippen LogP contribution is 2.43. The molecule has 1 aromatic heterocycles. The fourth-order valence-corrected chi connectivity index (χ4v) is 3.95. The van der Waals surface area contributed by atoms with Crippen LogP contribution in [-0.2, 0) is 0 Å². The van der Waals surface area contributed by atoms with Crippen LogP contribution in [-0.4, -0.2) is 28.3 Å². The van der Waals surface area contributed by atoms with Gasteiger partial charge in [-0.15, -0.1) is 0 Å². The predicted octanol–water partition coefficient (Wildman–Crippen LogP) is 2.31. The lowest BCUT2D eigenvalue weighted by atomic mass is 9.98. The van der Waals surface area contributed by atoms with Crippen molar-refractivity contribution in [2.24, 2.45) is 0 Å². The highest BCUT2D eigenvalue weighted by molar-refractivity contribution is 5.98. The van der Waals surface area contributed by atoms with Crippen LogP contribution >= 0.6 is 0 Å². The Morgan fingerprint density at radius 3 is 2.65 bits per heavy atom. The van der Waals surface area contributed by atoms with Gasteiger partial charge >= 0.3 is 0 Å². The van der Waals surface area contributed by atoms with Crippen LogP contribution in [0.3, 0.4) is 0 Å². The van der Waals surface area contributed by atoms with Gasteiger partial charge in [-0.2, -0.15) is 0 Å². The van der Waals surface area contributed by atoms with Gasteiger partial charge in [0.25, 0.3) is 0 Å². The number of piperidine rings is 1. The van der Waals surface area contributed by atoms with E-state index in [4.69, 9.17) is 5.73 Å². The lowest BCUT2D eigenvalue weighted by Gasteiger charge is -2.39. The van der Waals surface area contributed by atoms with E-state index in [0.29, 0.717) is 12.1 Å². The molecule has 20 heavy (non-hydrogen) atoms. The Labute approximate surface area is 118 Å². The minimum atomic E-state index is -0.144. The van der Waals surface area contributed by atoms with Crippen LogP contribution in [0.2, 0.25) is 0 Å². The van der Waals surface area contributed by atoms with E-state index in [-0.39, 0.29) is 6.10 Å². The summed E-state index contributed by atoms with van der Waals surface area (Å²) in [4.78, 5) is 6.59. The van der Waals surface area contributed by atoms with Crippen molar-refractivity contribution >= 4 is 22.1 Å². The minimum Gasteiger partial charge on any atom is -0.397 e. The van der Waals surface area contributed by atoms with E-state index in [2.05, 4.69) is 22.0 Å². The molecule has 2 atom stereocenters. The zero-order valence-electron chi connectivity index (χ0n) is 11.4. The van der Waals surface area contributed by atoms with Crippen LogP contribution < -0.4 is 10.6 Å². The maximum Gasteiger partial charge on any atom is 0.0632 e. The van der Waals surface area contributed by atoms with Crippen molar-refractivity contribution in [3.05, 3.63) is 30.6 Å². The molecule has 4 nitrogen and oxygen atoms in total. The van der Waals surface area contributed by atoms with Crippen molar-refractivity contribution in [3.63, 3.8) is 0 Å². The second-order valence-electron chi connectivity index (χ2n) is 6.01. The van der Waals surface area contributed by atoms with Gasteiger partial charge in [-0.3, -0.25) is 4.98 Å². The van der Waals surface area contributed by atoms with Gasteiger partial charge in [0.1, 0.15) is 0 Å². The summed E-state index contributed by atoms with van der Waals surface area (Å²) in [5, 5.41) is 12.1. The third-order valence-corrected chi connectivity index (χ3v) is 4.83. The monoisotopic (exact) mass is 269 g/mol. The molecule has 2 unspecified atom stereocenters. The van der Waals surface area contributed by atoms with Crippen molar-refractivity contribution in [2.45, 2.75) is 43.9 Å². The average Bonchev–Trinajstić information content (AvgIpc) is 2.72. The van der Waals surface area contributed by atoms with Gasteiger partial charge in [-0.1, -0.05) is 6.07 Å². The zero-order chi connectivity index (χ0) is 13.7. The molecular formula is C16H19N3O. The number of nitrogens with two attached hydrogens (primary N) is 1. The molecule has 2 aliphatic heterocycles. The van der Waals surface area contributed by atoms with E-state index >= 15 is 0 Å². The van der Waals surface area contributed by atoms with Crippen LogP contribution in [0.4, 0.5) is 11.4 Å². The molecule has 104 valence electrons. The third-order valence-electron chi connectivity index (χ3n) is 4.83. The van der Waals surface area contributed by atoms with Crippen molar-refractivity contribution < 1.29 is 5.11 Å². The SMILES string of the molecule is Nc1c(N2C3CCC2CC(O)C3)ccc2cnccc12. The minimum absolute atomic E-state index is 0.144. The summed E-state index contributed by atoms with van der Waals surface area (Å²) in [5.41, 5.74) is 8.38. The van der Waals surface area contributed by atoms with Crippen LogP contribution in [0.5, 0.6) is 0 Å². The highest BCUT2D eigenvalue weighted by atomic mass is 16.3. The van der Waals surface area contributed by atoms with Gasteiger partial charge in [-0.25, -0.2) is 0 Å². The molecule has 0 amide bonds. The molecule has 2 aliphatic rings. The molecule has 0 spiro atoms. The van der Waals surface area contributed by atoms with E-state index in [1.165, 1.54) is 0 Å². The number of anilines is 2. The van der Waals surface area contributed by atoms with E-state index < -0.39 is 0 Å². The summed E-state index contributed by atoms with van der Waals surface area (Å²) in [6.45, 7) is 0. The first-order chi connectivity index (χ1) is 9.74. The topological polar surface area (TPSA) is 62.4 Å². The maximum absolute atomic E-state index is 9.93. The van der Waals surface area contributed by atoms with E-state index in [9.17, 15) is 5.11 Å². The van der Waals surface area contributed by atoms with Gasteiger partial charge < -0.3 is 15.7 Å². The summed E-state index contributed by atoms with van der Waals surface area (Å²) >= 11 is 0. The average molecular weight is 269 g/mol. The second-order valence-corrected chi connectivity index (χ2v) is 6.01. The highest BCUT2D eigenvalue weighted by Gasteiger charge is 2.40. The van der Waals surface area contributed by atoms with E-state index in [0.717, 1.165) is 47.8 Å².